The molecule has 0 radical (unpaired) electrons. The second-order valence-corrected chi connectivity index (χ2v) is 5.96. The van der Waals surface area contributed by atoms with E-state index in [2.05, 4.69) is 29.8 Å². The highest BCUT2D eigenvalue weighted by molar-refractivity contribution is 7.10. The fourth-order valence-corrected chi connectivity index (χ4v) is 3.38. The molecule has 0 aromatic carbocycles. The van der Waals surface area contributed by atoms with E-state index in [1.54, 1.807) is 0 Å². The van der Waals surface area contributed by atoms with Crippen molar-refractivity contribution in [3.05, 3.63) is 22.4 Å². The molecule has 1 heterocycles. The molecule has 1 saturated carbocycles. The standard InChI is InChI=1S/C14H23NS/c1-12(14-8-5-11-16-14)15-10-9-13-6-3-2-4-7-13/h5,8,11-13,15H,2-4,6-7,9-10H2,1H3. The summed E-state index contributed by atoms with van der Waals surface area (Å²) < 4.78 is 0. The van der Waals surface area contributed by atoms with Gasteiger partial charge < -0.3 is 5.32 Å². The molecule has 2 heteroatoms. The summed E-state index contributed by atoms with van der Waals surface area (Å²) >= 11 is 1.85. The SMILES string of the molecule is CC(NCCC1CCCCC1)c1cccs1. The Kier molecular flexibility index (Phi) is 4.86. The molecule has 1 fully saturated rings. The van der Waals surface area contributed by atoms with Crippen LogP contribution < -0.4 is 5.32 Å². The first-order chi connectivity index (χ1) is 7.86. The highest BCUT2D eigenvalue weighted by Gasteiger charge is 2.13. The van der Waals surface area contributed by atoms with Gasteiger partial charge in [-0.25, -0.2) is 0 Å². The third-order valence-electron chi connectivity index (χ3n) is 3.70. The molecule has 2 rings (SSSR count). The van der Waals surface area contributed by atoms with E-state index in [0.717, 1.165) is 5.92 Å². The van der Waals surface area contributed by atoms with Gasteiger partial charge in [-0.1, -0.05) is 38.2 Å². The second-order valence-electron chi connectivity index (χ2n) is 4.98. The molecule has 1 aliphatic carbocycles. The first kappa shape index (κ1) is 12.1. The highest BCUT2D eigenvalue weighted by Crippen LogP contribution is 2.26. The monoisotopic (exact) mass is 237 g/mol. The number of thiophene rings is 1. The summed E-state index contributed by atoms with van der Waals surface area (Å²) in [6, 6.07) is 4.89. The molecule has 1 N–H and O–H groups in total. The smallest absolute Gasteiger partial charge is 0.0386 e. The van der Waals surface area contributed by atoms with E-state index in [0.29, 0.717) is 6.04 Å². The number of rotatable bonds is 5. The molecule has 16 heavy (non-hydrogen) atoms. The van der Waals surface area contributed by atoms with E-state index in [9.17, 15) is 0 Å². The van der Waals surface area contributed by atoms with Gasteiger partial charge >= 0.3 is 0 Å². The summed E-state index contributed by atoms with van der Waals surface area (Å²) in [4.78, 5) is 1.46. The lowest BCUT2D eigenvalue weighted by atomic mass is 9.87. The molecule has 0 aliphatic heterocycles. The molecule has 1 nitrogen and oxygen atoms in total. The van der Waals surface area contributed by atoms with Crippen LogP contribution in [0.15, 0.2) is 17.5 Å². The minimum atomic E-state index is 0.531. The second kappa shape index (κ2) is 6.41. The quantitative estimate of drug-likeness (QED) is 0.802. The maximum Gasteiger partial charge on any atom is 0.0386 e. The molecule has 0 saturated heterocycles. The Morgan fingerprint density at radius 2 is 2.19 bits per heavy atom. The Morgan fingerprint density at radius 1 is 1.38 bits per heavy atom. The molecular weight excluding hydrogens is 214 g/mol. The Balaban J connectivity index is 1.63. The lowest BCUT2D eigenvalue weighted by Crippen LogP contribution is -2.22. The first-order valence-corrected chi connectivity index (χ1v) is 7.51. The Bertz CT molecular complexity index is 275. The van der Waals surface area contributed by atoms with E-state index in [1.165, 1.54) is 49.9 Å². The summed E-state index contributed by atoms with van der Waals surface area (Å²) in [6.07, 6.45) is 8.70. The summed E-state index contributed by atoms with van der Waals surface area (Å²) in [7, 11) is 0. The van der Waals surface area contributed by atoms with Crippen LogP contribution in [0.4, 0.5) is 0 Å². The van der Waals surface area contributed by atoms with Crippen LogP contribution in [0.25, 0.3) is 0 Å². The zero-order valence-electron chi connectivity index (χ0n) is 10.2. The molecular formula is C14H23NS. The molecule has 1 atom stereocenters. The van der Waals surface area contributed by atoms with Crippen molar-refractivity contribution in [2.24, 2.45) is 5.92 Å². The third kappa shape index (κ3) is 3.60. The van der Waals surface area contributed by atoms with Crippen molar-refractivity contribution in [2.45, 2.75) is 51.5 Å². The van der Waals surface area contributed by atoms with Gasteiger partial charge in [0, 0.05) is 10.9 Å². The predicted octanol–water partition coefficient (Wildman–Crippen LogP) is 4.37. The number of hydrogen-bond donors (Lipinski definition) is 1. The van der Waals surface area contributed by atoms with Gasteiger partial charge in [-0.15, -0.1) is 11.3 Å². The van der Waals surface area contributed by atoms with E-state index >= 15 is 0 Å². The first-order valence-electron chi connectivity index (χ1n) is 6.63. The average molecular weight is 237 g/mol. The van der Waals surface area contributed by atoms with Gasteiger partial charge in [-0.05, 0) is 37.3 Å². The van der Waals surface area contributed by atoms with Crippen molar-refractivity contribution in [3.8, 4) is 0 Å². The lowest BCUT2D eigenvalue weighted by molar-refractivity contribution is 0.330. The van der Waals surface area contributed by atoms with Crippen molar-refractivity contribution in [1.82, 2.24) is 5.32 Å². The van der Waals surface area contributed by atoms with Crippen LogP contribution in [0.3, 0.4) is 0 Å². The van der Waals surface area contributed by atoms with Gasteiger partial charge in [0.15, 0.2) is 0 Å². The van der Waals surface area contributed by atoms with Gasteiger partial charge in [0.25, 0.3) is 0 Å². The Morgan fingerprint density at radius 3 is 2.88 bits per heavy atom. The van der Waals surface area contributed by atoms with Gasteiger partial charge in [-0.3, -0.25) is 0 Å². The van der Waals surface area contributed by atoms with Crippen molar-refractivity contribution in [1.29, 1.82) is 0 Å². The fraction of sp³-hybridized carbons (Fsp3) is 0.714. The number of nitrogens with one attached hydrogen (secondary N) is 1. The van der Waals surface area contributed by atoms with Gasteiger partial charge in [0.2, 0.25) is 0 Å². The topological polar surface area (TPSA) is 12.0 Å². The Labute approximate surface area is 103 Å². The zero-order valence-corrected chi connectivity index (χ0v) is 11.1. The molecule has 90 valence electrons. The summed E-state index contributed by atoms with van der Waals surface area (Å²) in [5.41, 5.74) is 0. The average Bonchev–Trinajstić information content (AvgIpc) is 2.84. The lowest BCUT2D eigenvalue weighted by Gasteiger charge is -2.22. The van der Waals surface area contributed by atoms with Crippen LogP contribution in [-0.2, 0) is 0 Å². The van der Waals surface area contributed by atoms with E-state index in [4.69, 9.17) is 0 Å². The van der Waals surface area contributed by atoms with E-state index in [1.807, 2.05) is 11.3 Å². The van der Waals surface area contributed by atoms with Crippen LogP contribution in [0.2, 0.25) is 0 Å². The number of hydrogen-bond acceptors (Lipinski definition) is 2. The maximum atomic E-state index is 3.64. The normalized spacial score (nSPS) is 19.8. The fourth-order valence-electron chi connectivity index (χ4n) is 2.62. The van der Waals surface area contributed by atoms with Crippen molar-refractivity contribution in [2.75, 3.05) is 6.54 Å². The van der Waals surface area contributed by atoms with Crippen molar-refractivity contribution in [3.63, 3.8) is 0 Å². The molecule has 0 bridgehead atoms. The largest absolute Gasteiger partial charge is 0.309 e. The van der Waals surface area contributed by atoms with Crippen LogP contribution in [0.1, 0.15) is 56.4 Å². The predicted molar refractivity (Wildman–Crippen MR) is 71.9 cm³/mol. The van der Waals surface area contributed by atoms with Crippen LogP contribution in [0.5, 0.6) is 0 Å². The van der Waals surface area contributed by atoms with E-state index in [-0.39, 0.29) is 0 Å². The molecule has 1 aliphatic rings. The van der Waals surface area contributed by atoms with Gasteiger partial charge in [0.05, 0.1) is 0 Å². The maximum absolute atomic E-state index is 3.64. The van der Waals surface area contributed by atoms with Crippen molar-refractivity contribution >= 4 is 11.3 Å². The van der Waals surface area contributed by atoms with Crippen molar-refractivity contribution < 1.29 is 0 Å². The molecule has 1 aromatic heterocycles. The summed E-state index contributed by atoms with van der Waals surface area (Å²) in [6.45, 7) is 3.45. The Hall–Kier alpha value is -0.340. The molecule has 0 amide bonds. The van der Waals surface area contributed by atoms with Crippen LogP contribution >= 0.6 is 11.3 Å². The van der Waals surface area contributed by atoms with Gasteiger partial charge in [-0.2, -0.15) is 0 Å². The minimum Gasteiger partial charge on any atom is -0.309 e. The highest BCUT2D eigenvalue weighted by atomic mass is 32.1. The molecule has 0 spiro atoms. The third-order valence-corrected chi connectivity index (χ3v) is 4.75. The summed E-state index contributed by atoms with van der Waals surface area (Å²) in [5.74, 6) is 0.997. The zero-order chi connectivity index (χ0) is 11.2. The van der Waals surface area contributed by atoms with Crippen LogP contribution in [-0.4, -0.2) is 6.54 Å². The minimum absolute atomic E-state index is 0.531. The van der Waals surface area contributed by atoms with Crippen LogP contribution in [0, 0.1) is 5.92 Å². The van der Waals surface area contributed by atoms with E-state index < -0.39 is 0 Å². The van der Waals surface area contributed by atoms with Gasteiger partial charge in [0.1, 0.15) is 0 Å². The molecule has 1 unspecified atom stereocenters. The molecule has 1 aromatic rings. The summed E-state index contributed by atoms with van der Waals surface area (Å²) in [5, 5.41) is 5.80.